The maximum atomic E-state index is 4.34. The van der Waals surface area contributed by atoms with Crippen LogP contribution in [0.2, 0.25) is 0 Å². The van der Waals surface area contributed by atoms with E-state index in [1.54, 1.807) is 38.5 Å². The lowest BCUT2D eigenvalue weighted by atomic mass is 9.54. The van der Waals surface area contributed by atoms with Gasteiger partial charge in [0.05, 0.1) is 6.17 Å². The monoisotopic (exact) mass is 763 g/mol. The largest absolute Gasteiger partial charge is 0.297 e. The number of piperidine rings is 1. The summed E-state index contributed by atoms with van der Waals surface area (Å²) in [5.41, 5.74) is 0. The highest BCUT2D eigenvalue weighted by Gasteiger charge is 2.48. The average Bonchev–Trinajstić information content (AvgIpc) is 3.63. The number of hydrogen-bond donors (Lipinski definition) is 1. The lowest BCUT2D eigenvalue weighted by Crippen LogP contribution is -2.47. The van der Waals surface area contributed by atoms with Gasteiger partial charge in [0.15, 0.2) is 0 Å². The molecule has 0 amide bonds. The summed E-state index contributed by atoms with van der Waals surface area (Å²) < 4.78 is 0. The molecule has 0 spiro atoms. The predicted octanol–water partition coefficient (Wildman–Crippen LogP) is 15.6. The molecule has 0 radical (unpaired) electrons. The molecule has 0 aromatic heterocycles. The molecule has 55 heavy (non-hydrogen) atoms. The maximum Gasteiger partial charge on any atom is 0.0603 e. The minimum atomic E-state index is 0.677. The summed E-state index contributed by atoms with van der Waals surface area (Å²) >= 11 is 0. The predicted molar refractivity (Wildman–Crippen MR) is 240 cm³/mol. The summed E-state index contributed by atoms with van der Waals surface area (Å²) in [6.45, 7) is 17.0. The third-order valence-electron chi connectivity index (χ3n) is 18.5. The number of hydrogen-bond acceptors (Lipinski definition) is 2. The van der Waals surface area contributed by atoms with E-state index >= 15 is 0 Å². The van der Waals surface area contributed by atoms with E-state index in [9.17, 15) is 0 Å². The molecule has 2 heterocycles. The van der Waals surface area contributed by atoms with Crippen molar-refractivity contribution in [1.82, 2.24) is 10.2 Å². The zero-order chi connectivity index (χ0) is 38.6. The molecule has 6 fully saturated rings. The van der Waals surface area contributed by atoms with Gasteiger partial charge < -0.3 is 0 Å². The van der Waals surface area contributed by atoms with Crippen LogP contribution in [0.3, 0.4) is 0 Å². The van der Waals surface area contributed by atoms with E-state index in [1.807, 2.05) is 0 Å². The van der Waals surface area contributed by atoms with Crippen molar-refractivity contribution in [2.45, 2.75) is 259 Å². The molecule has 2 nitrogen and oxygen atoms in total. The average molecular weight is 763 g/mol. The minimum Gasteiger partial charge on any atom is -0.297 e. The van der Waals surface area contributed by atoms with E-state index in [0.29, 0.717) is 6.17 Å². The van der Waals surface area contributed by atoms with Gasteiger partial charge in [-0.1, -0.05) is 176 Å². The van der Waals surface area contributed by atoms with Crippen LogP contribution in [0.15, 0.2) is 0 Å². The highest BCUT2D eigenvalue weighted by Crippen LogP contribution is 2.55. The van der Waals surface area contributed by atoms with Crippen LogP contribution in [0.5, 0.6) is 0 Å². The molecule has 2 heteroatoms. The topological polar surface area (TPSA) is 15.3 Å². The number of rotatable bonds is 20. The van der Waals surface area contributed by atoms with E-state index in [0.717, 1.165) is 83.1 Å². The molecule has 13 unspecified atom stereocenters. The molecule has 0 bridgehead atoms. The normalized spacial score (nSPS) is 35.1. The fourth-order valence-electron chi connectivity index (χ4n) is 16.1. The van der Waals surface area contributed by atoms with E-state index in [-0.39, 0.29) is 0 Å². The molecule has 0 aromatic carbocycles. The Kier molecular flexibility index (Phi) is 18.6. The van der Waals surface area contributed by atoms with Crippen LogP contribution in [0.1, 0.15) is 241 Å². The van der Waals surface area contributed by atoms with Gasteiger partial charge in [0.1, 0.15) is 0 Å². The Morgan fingerprint density at radius 3 is 1.56 bits per heavy atom. The summed E-state index contributed by atoms with van der Waals surface area (Å²) in [6, 6.07) is 1.54. The van der Waals surface area contributed by atoms with Crippen LogP contribution in [0.4, 0.5) is 0 Å². The first-order chi connectivity index (χ1) is 27.0. The molecule has 2 aliphatic heterocycles. The lowest BCUT2D eigenvalue weighted by molar-refractivity contribution is -0.0171. The molecule has 6 aliphatic rings. The van der Waals surface area contributed by atoms with Crippen LogP contribution in [-0.2, 0) is 0 Å². The van der Waals surface area contributed by atoms with E-state index < -0.39 is 0 Å². The van der Waals surface area contributed by atoms with Gasteiger partial charge >= 0.3 is 0 Å². The molecule has 6 rings (SSSR count). The molecule has 2 saturated heterocycles. The fraction of sp³-hybridized carbons (Fsp3) is 1.00. The SMILES string of the molecule is CCCC(C(C)CCC(C)C1NC2CCCCN2C1C1CCCCC1)C1CCCCC1C(CCC)C(CCC)C1CCCCC1C(CCC)C1CCCCC1. The van der Waals surface area contributed by atoms with Crippen LogP contribution >= 0.6 is 0 Å². The third-order valence-corrected chi connectivity index (χ3v) is 18.5. The standard InChI is InChI=1S/C53H98N2/c1-7-23-43(39(5)36-37-40(6)52-53(42-29-15-12-16-30-42)55-38-22-21-35-51(55)54-52)47-31-17-19-33-49(47)45(25-9-3)46(26-10-4)50-34-20-18-32-48(50)44(24-8-2)41-27-13-11-14-28-41/h39-54H,7-38H2,1-6H3. The zero-order valence-corrected chi connectivity index (χ0v) is 38.2. The van der Waals surface area contributed by atoms with Gasteiger partial charge in [0.25, 0.3) is 0 Å². The van der Waals surface area contributed by atoms with Gasteiger partial charge in [-0.05, 0) is 135 Å². The fourth-order valence-corrected chi connectivity index (χ4v) is 16.1. The second-order valence-corrected chi connectivity index (χ2v) is 21.8. The maximum absolute atomic E-state index is 4.34. The van der Waals surface area contributed by atoms with Crippen LogP contribution in [0.25, 0.3) is 0 Å². The quantitative estimate of drug-likeness (QED) is 0.133. The summed E-state index contributed by atoms with van der Waals surface area (Å²) in [7, 11) is 0. The van der Waals surface area contributed by atoms with E-state index in [4.69, 9.17) is 0 Å². The Morgan fingerprint density at radius 1 is 0.473 bits per heavy atom. The second-order valence-electron chi connectivity index (χ2n) is 21.8. The second kappa shape index (κ2) is 23.1. The Hall–Kier alpha value is -0.0800. The van der Waals surface area contributed by atoms with Crippen molar-refractivity contribution < 1.29 is 0 Å². The van der Waals surface area contributed by atoms with Gasteiger partial charge in [-0.3, -0.25) is 10.2 Å². The Bertz CT molecular complexity index is 1030. The van der Waals surface area contributed by atoms with E-state index in [1.165, 1.54) is 167 Å². The molecule has 13 atom stereocenters. The molecule has 4 aliphatic carbocycles. The lowest BCUT2D eigenvalue weighted by Gasteiger charge is -2.51. The first kappa shape index (κ1) is 44.5. The van der Waals surface area contributed by atoms with E-state index in [2.05, 4.69) is 51.8 Å². The van der Waals surface area contributed by atoms with Crippen molar-refractivity contribution in [3.63, 3.8) is 0 Å². The first-order valence-electron chi connectivity index (χ1n) is 26.5. The number of nitrogens with zero attached hydrogens (tertiary/aromatic N) is 1. The molecule has 4 saturated carbocycles. The summed E-state index contributed by atoms with van der Waals surface area (Å²) in [6.07, 6.45) is 47.0. The van der Waals surface area contributed by atoms with Crippen molar-refractivity contribution >= 4 is 0 Å². The van der Waals surface area contributed by atoms with Crippen LogP contribution in [-0.4, -0.2) is 29.7 Å². The van der Waals surface area contributed by atoms with Crippen LogP contribution in [0, 0.1) is 71.0 Å². The smallest absolute Gasteiger partial charge is 0.0603 e. The summed E-state index contributed by atoms with van der Waals surface area (Å²) in [5.74, 6) is 11.6. The summed E-state index contributed by atoms with van der Waals surface area (Å²) in [4.78, 5) is 3.01. The molecule has 1 N–H and O–H groups in total. The summed E-state index contributed by atoms with van der Waals surface area (Å²) in [5, 5.41) is 4.34. The highest BCUT2D eigenvalue weighted by atomic mass is 15.4. The molecule has 0 aromatic rings. The van der Waals surface area contributed by atoms with Crippen molar-refractivity contribution in [3.05, 3.63) is 0 Å². The van der Waals surface area contributed by atoms with Gasteiger partial charge in [-0.15, -0.1) is 0 Å². The molecular weight excluding hydrogens is 665 g/mol. The van der Waals surface area contributed by atoms with Gasteiger partial charge in [0.2, 0.25) is 0 Å². The molecular formula is C53H98N2. The Balaban J connectivity index is 1.18. The van der Waals surface area contributed by atoms with Crippen molar-refractivity contribution in [1.29, 1.82) is 0 Å². The zero-order valence-electron chi connectivity index (χ0n) is 38.2. The van der Waals surface area contributed by atoms with Crippen LogP contribution < -0.4 is 5.32 Å². The molecule has 320 valence electrons. The van der Waals surface area contributed by atoms with Crippen molar-refractivity contribution in [3.8, 4) is 0 Å². The number of nitrogens with one attached hydrogen (secondary N) is 1. The van der Waals surface area contributed by atoms with Gasteiger partial charge in [-0.25, -0.2) is 0 Å². The first-order valence-corrected chi connectivity index (χ1v) is 26.5. The minimum absolute atomic E-state index is 0.677. The highest BCUT2D eigenvalue weighted by molar-refractivity contribution is 5.03. The van der Waals surface area contributed by atoms with Gasteiger partial charge in [-0.2, -0.15) is 0 Å². The number of fused-ring (bicyclic) bond motifs is 1. The van der Waals surface area contributed by atoms with Crippen molar-refractivity contribution in [2.75, 3.05) is 6.54 Å². The van der Waals surface area contributed by atoms with Crippen molar-refractivity contribution in [2.24, 2.45) is 71.0 Å². The third kappa shape index (κ3) is 11.2. The Morgan fingerprint density at radius 2 is 0.964 bits per heavy atom. The van der Waals surface area contributed by atoms with Gasteiger partial charge in [0, 0.05) is 18.6 Å². The Labute approximate surface area is 345 Å².